The van der Waals surface area contributed by atoms with Gasteiger partial charge in [-0.15, -0.1) is 0 Å². The molecule has 0 radical (unpaired) electrons. The second kappa shape index (κ2) is 7.14. The minimum Gasteiger partial charge on any atom is -0.486 e. The summed E-state index contributed by atoms with van der Waals surface area (Å²) in [6.45, 7) is 7.11. The van der Waals surface area contributed by atoms with E-state index in [1.54, 1.807) is 0 Å². The largest absolute Gasteiger partial charge is 0.486 e. The molecule has 5 nitrogen and oxygen atoms in total. The van der Waals surface area contributed by atoms with E-state index in [0.29, 0.717) is 19.8 Å². The molecule has 0 aliphatic carbocycles. The number of hydrogen-bond acceptors (Lipinski definition) is 4. The van der Waals surface area contributed by atoms with Crippen molar-refractivity contribution in [2.75, 3.05) is 26.3 Å². The number of nitrogens with one attached hydrogen (secondary N) is 2. The molecule has 1 aromatic carbocycles. The quantitative estimate of drug-likeness (QED) is 0.771. The zero-order chi connectivity index (χ0) is 14.4. The summed E-state index contributed by atoms with van der Waals surface area (Å²) < 4.78 is 11.0. The van der Waals surface area contributed by atoms with Crippen molar-refractivity contribution in [2.45, 2.75) is 20.4 Å². The van der Waals surface area contributed by atoms with Gasteiger partial charge in [-0.2, -0.15) is 0 Å². The topological polar surface area (TPSA) is 59.6 Å². The second-order valence-corrected chi connectivity index (χ2v) is 5.10. The molecule has 0 atom stereocenters. The maximum absolute atomic E-state index is 11.4. The van der Waals surface area contributed by atoms with Crippen LogP contribution in [0.5, 0.6) is 11.5 Å². The van der Waals surface area contributed by atoms with Gasteiger partial charge in [0.15, 0.2) is 11.5 Å². The molecule has 0 fully saturated rings. The van der Waals surface area contributed by atoms with E-state index < -0.39 is 0 Å². The van der Waals surface area contributed by atoms with Gasteiger partial charge in [0.2, 0.25) is 5.91 Å². The third-order valence-corrected chi connectivity index (χ3v) is 3.06. The summed E-state index contributed by atoms with van der Waals surface area (Å²) in [5.74, 6) is 1.74. The van der Waals surface area contributed by atoms with Crippen LogP contribution in [0.3, 0.4) is 0 Å². The number of amides is 1. The highest BCUT2D eigenvalue weighted by Crippen LogP contribution is 2.30. The van der Waals surface area contributed by atoms with Crippen molar-refractivity contribution in [3.05, 3.63) is 23.8 Å². The first-order valence-electron chi connectivity index (χ1n) is 7.04. The lowest BCUT2D eigenvalue weighted by Gasteiger charge is -2.19. The first-order chi connectivity index (χ1) is 9.66. The average Bonchev–Trinajstić information content (AvgIpc) is 2.46. The van der Waals surface area contributed by atoms with Crippen LogP contribution in [0.1, 0.15) is 19.4 Å². The minimum atomic E-state index is 0.0350. The van der Waals surface area contributed by atoms with E-state index >= 15 is 0 Å². The maximum atomic E-state index is 11.4. The third kappa shape index (κ3) is 4.13. The highest BCUT2D eigenvalue weighted by molar-refractivity contribution is 5.77. The van der Waals surface area contributed by atoms with Gasteiger partial charge in [-0.05, 0) is 17.7 Å². The fourth-order valence-electron chi connectivity index (χ4n) is 1.91. The van der Waals surface area contributed by atoms with Crippen molar-refractivity contribution in [1.29, 1.82) is 0 Å². The zero-order valence-corrected chi connectivity index (χ0v) is 12.1. The average molecular weight is 278 g/mol. The van der Waals surface area contributed by atoms with E-state index in [1.165, 1.54) is 0 Å². The normalized spacial score (nSPS) is 13.3. The molecule has 20 heavy (non-hydrogen) atoms. The Bertz CT molecular complexity index is 460. The number of fused-ring (bicyclic) bond motifs is 1. The number of ether oxygens (including phenoxy) is 2. The maximum Gasteiger partial charge on any atom is 0.222 e. The van der Waals surface area contributed by atoms with Crippen LogP contribution >= 0.6 is 0 Å². The lowest BCUT2D eigenvalue weighted by molar-refractivity contribution is -0.123. The lowest BCUT2D eigenvalue weighted by Crippen LogP contribution is -2.34. The molecule has 2 N–H and O–H groups in total. The molecule has 1 aliphatic heterocycles. The van der Waals surface area contributed by atoms with Crippen LogP contribution in [0.2, 0.25) is 0 Å². The molecule has 1 aromatic rings. The fourth-order valence-corrected chi connectivity index (χ4v) is 1.91. The van der Waals surface area contributed by atoms with Gasteiger partial charge in [0.25, 0.3) is 0 Å². The fraction of sp³-hybridized carbons (Fsp3) is 0.533. The van der Waals surface area contributed by atoms with Gasteiger partial charge in [0.1, 0.15) is 13.2 Å². The second-order valence-electron chi connectivity index (χ2n) is 5.10. The monoisotopic (exact) mass is 278 g/mol. The van der Waals surface area contributed by atoms with Crippen LogP contribution in [0.4, 0.5) is 0 Å². The van der Waals surface area contributed by atoms with E-state index in [9.17, 15) is 4.79 Å². The van der Waals surface area contributed by atoms with Gasteiger partial charge < -0.3 is 20.1 Å². The van der Waals surface area contributed by atoms with Crippen molar-refractivity contribution >= 4 is 5.91 Å². The van der Waals surface area contributed by atoms with Gasteiger partial charge in [-0.3, -0.25) is 4.79 Å². The lowest BCUT2D eigenvalue weighted by atomic mass is 10.2. The van der Waals surface area contributed by atoms with Gasteiger partial charge in [-0.25, -0.2) is 0 Å². The number of benzene rings is 1. The first kappa shape index (κ1) is 14.7. The van der Waals surface area contributed by atoms with E-state index in [4.69, 9.17) is 9.47 Å². The Balaban J connectivity index is 1.70. The van der Waals surface area contributed by atoms with Crippen molar-refractivity contribution < 1.29 is 14.3 Å². The highest BCUT2D eigenvalue weighted by atomic mass is 16.6. The number of carbonyl (C=O) groups is 1. The van der Waals surface area contributed by atoms with E-state index in [2.05, 4.69) is 10.6 Å². The van der Waals surface area contributed by atoms with Crippen LogP contribution < -0.4 is 20.1 Å². The van der Waals surface area contributed by atoms with E-state index in [0.717, 1.165) is 30.2 Å². The van der Waals surface area contributed by atoms with Crippen molar-refractivity contribution in [2.24, 2.45) is 5.92 Å². The Morgan fingerprint density at radius 3 is 2.70 bits per heavy atom. The predicted octanol–water partition coefficient (Wildman–Crippen LogP) is 1.32. The van der Waals surface area contributed by atoms with Crippen LogP contribution in [0, 0.1) is 5.92 Å². The number of carbonyl (C=O) groups excluding carboxylic acids is 1. The van der Waals surface area contributed by atoms with Crippen LogP contribution in [-0.2, 0) is 11.3 Å². The molecule has 1 aliphatic rings. The predicted molar refractivity (Wildman–Crippen MR) is 77.0 cm³/mol. The Kier molecular flexibility index (Phi) is 5.24. The third-order valence-electron chi connectivity index (χ3n) is 3.06. The van der Waals surface area contributed by atoms with Gasteiger partial charge in [0, 0.05) is 25.6 Å². The molecule has 0 unspecified atom stereocenters. The molecule has 0 saturated carbocycles. The van der Waals surface area contributed by atoms with Gasteiger partial charge in [0.05, 0.1) is 0 Å². The summed E-state index contributed by atoms with van der Waals surface area (Å²) >= 11 is 0. The first-order valence-corrected chi connectivity index (χ1v) is 7.04. The summed E-state index contributed by atoms with van der Waals surface area (Å²) in [6, 6.07) is 5.95. The summed E-state index contributed by atoms with van der Waals surface area (Å²) in [6.07, 6.45) is 0. The Hall–Kier alpha value is -1.75. The summed E-state index contributed by atoms with van der Waals surface area (Å²) in [7, 11) is 0. The molecule has 1 amide bonds. The Labute approximate surface area is 119 Å². The highest BCUT2D eigenvalue weighted by Gasteiger charge is 2.11. The molecule has 0 bridgehead atoms. The van der Waals surface area contributed by atoms with Crippen molar-refractivity contribution in [3.63, 3.8) is 0 Å². The van der Waals surface area contributed by atoms with Crippen LogP contribution in [0.15, 0.2) is 18.2 Å². The number of hydrogen-bond donors (Lipinski definition) is 2. The van der Waals surface area contributed by atoms with Crippen LogP contribution in [0.25, 0.3) is 0 Å². The molecule has 0 aromatic heterocycles. The van der Waals surface area contributed by atoms with Crippen LogP contribution in [-0.4, -0.2) is 32.2 Å². The standard InChI is InChI=1S/C15H22N2O3/c1-11(2)15(18)17-6-5-16-10-12-3-4-13-14(9-12)20-8-7-19-13/h3-4,9,11,16H,5-8,10H2,1-2H3,(H,17,18). The minimum absolute atomic E-state index is 0.0350. The Morgan fingerprint density at radius 1 is 1.20 bits per heavy atom. The summed E-state index contributed by atoms with van der Waals surface area (Å²) in [5, 5.41) is 6.16. The summed E-state index contributed by atoms with van der Waals surface area (Å²) in [5.41, 5.74) is 1.14. The molecular weight excluding hydrogens is 256 g/mol. The smallest absolute Gasteiger partial charge is 0.222 e. The zero-order valence-electron chi connectivity index (χ0n) is 12.1. The molecule has 1 heterocycles. The number of rotatable bonds is 6. The summed E-state index contributed by atoms with van der Waals surface area (Å²) in [4.78, 5) is 11.4. The van der Waals surface area contributed by atoms with Gasteiger partial charge in [-0.1, -0.05) is 19.9 Å². The Morgan fingerprint density at radius 2 is 1.95 bits per heavy atom. The molecule has 5 heteroatoms. The van der Waals surface area contributed by atoms with E-state index in [1.807, 2.05) is 32.0 Å². The molecule has 2 rings (SSSR count). The van der Waals surface area contributed by atoms with Crippen molar-refractivity contribution in [1.82, 2.24) is 10.6 Å². The van der Waals surface area contributed by atoms with Crippen molar-refractivity contribution in [3.8, 4) is 11.5 Å². The SMILES string of the molecule is CC(C)C(=O)NCCNCc1ccc2c(c1)OCCO2. The van der Waals surface area contributed by atoms with Gasteiger partial charge >= 0.3 is 0 Å². The molecule has 0 spiro atoms. The van der Waals surface area contributed by atoms with E-state index in [-0.39, 0.29) is 11.8 Å². The molecular formula is C15H22N2O3. The molecule has 110 valence electrons. The molecule has 0 saturated heterocycles.